The zero-order valence-corrected chi connectivity index (χ0v) is 11.1. The highest BCUT2D eigenvalue weighted by Gasteiger charge is 2.12. The lowest BCUT2D eigenvalue weighted by atomic mass is 10.1. The maximum absolute atomic E-state index is 11.6. The van der Waals surface area contributed by atoms with Gasteiger partial charge in [-0.1, -0.05) is 30.3 Å². The highest BCUT2D eigenvalue weighted by Crippen LogP contribution is 2.06. The summed E-state index contributed by atoms with van der Waals surface area (Å²) in [5, 5.41) is 0. The number of aryl methyl sites for hydroxylation is 1. The van der Waals surface area contributed by atoms with Gasteiger partial charge in [0.05, 0.1) is 6.26 Å². The molecule has 0 spiro atoms. The first kappa shape index (κ1) is 14.1. The number of hydrogen-bond donors (Lipinski definition) is 0. The molecule has 0 fully saturated rings. The Morgan fingerprint density at radius 2 is 1.85 bits per heavy atom. The van der Waals surface area contributed by atoms with Crippen molar-refractivity contribution in [2.45, 2.75) is 19.3 Å². The third-order valence-electron chi connectivity index (χ3n) is 2.85. The molecule has 0 saturated carbocycles. The molecule has 2 aromatic rings. The molecule has 0 aliphatic heterocycles. The Morgan fingerprint density at radius 1 is 1.05 bits per heavy atom. The molecule has 0 N–H and O–H groups in total. The average molecular weight is 272 g/mol. The maximum atomic E-state index is 11.6. The monoisotopic (exact) mass is 272 g/mol. The summed E-state index contributed by atoms with van der Waals surface area (Å²) in [5.74, 6) is -0.575. The van der Waals surface area contributed by atoms with Crippen molar-refractivity contribution in [1.29, 1.82) is 0 Å². The van der Waals surface area contributed by atoms with E-state index in [1.807, 2.05) is 30.3 Å². The van der Waals surface area contributed by atoms with Crippen LogP contribution in [-0.4, -0.2) is 18.4 Å². The predicted molar refractivity (Wildman–Crippen MR) is 73.4 cm³/mol. The van der Waals surface area contributed by atoms with Gasteiger partial charge in [0.1, 0.15) is 6.61 Å². The van der Waals surface area contributed by atoms with Crippen molar-refractivity contribution in [2.24, 2.45) is 0 Å². The van der Waals surface area contributed by atoms with E-state index in [1.165, 1.54) is 17.9 Å². The summed E-state index contributed by atoms with van der Waals surface area (Å²) in [6.45, 7) is -0.200. The van der Waals surface area contributed by atoms with Gasteiger partial charge < -0.3 is 9.15 Å². The number of carbonyl (C=O) groups excluding carboxylic acids is 2. The highest BCUT2D eigenvalue weighted by molar-refractivity contribution is 5.89. The normalized spacial score (nSPS) is 10.2. The highest BCUT2D eigenvalue weighted by atomic mass is 16.5. The molecule has 1 aromatic carbocycles. The number of ether oxygens (including phenoxy) is 1. The van der Waals surface area contributed by atoms with Gasteiger partial charge in [-0.25, -0.2) is 4.79 Å². The van der Waals surface area contributed by atoms with E-state index in [-0.39, 0.29) is 18.2 Å². The second kappa shape index (κ2) is 7.28. The van der Waals surface area contributed by atoms with Crippen LogP contribution in [0.5, 0.6) is 0 Å². The number of benzene rings is 1. The molecule has 20 heavy (non-hydrogen) atoms. The van der Waals surface area contributed by atoms with Crippen molar-refractivity contribution in [3.8, 4) is 0 Å². The van der Waals surface area contributed by atoms with Crippen LogP contribution >= 0.6 is 0 Å². The van der Waals surface area contributed by atoms with Gasteiger partial charge in [-0.3, -0.25) is 4.79 Å². The van der Waals surface area contributed by atoms with Gasteiger partial charge in [-0.05, 0) is 30.5 Å². The molecule has 0 bridgehead atoms. The van der Waals surface area contributed by atoms with Crippen LogP contribution in [0.25, 0.3) is 0 Å². The lowest BCUT2D eigenvalue weighted by molar-refractivity contribution is -0.122. The number of carbonyl (C=O) groups is 2. The quantitative estimate of drug-likeness (QED) is 0.727. The van der Waals surface area contributed by atoms with Crippen molar-refractivity contribution in [1.82, 2.24) is 0 Å². The van der Waals surface area contributed by atoms with Crippen LogP contribution in [-0.2, 0) is 16.0 Å². The molecule has 0 amide bonds. The number of furan rings is 1. The zero-order valence-electron chi connectivity index (χ0n) is 11.1. The molecule has 0 unspecified atom stereocenters. The fourth-order valence-electron chi connectivity index (χ4n) is 1.82. The molecule has 1 aromatic heterocycles. The van der Waals surface area contributed by atoms with Crippen molar-refractivity contribution < 1.29 is 18.7 Å². The van der Waals surface area contributed by atoms with Crippen LogP contribution in [0.3, 0.4) is 0 Å². The Labute approximate surface area is 117 Å². The first-order chi connectivity index (χ1) is 9.75. The molecule has 4 nitrogen and oxygen atoms in total. The molecule has 1 heterocycles. The SMILES string of the molecule is O=C(CCCc1ccccc1)COC(=O)c1ccco1. The van der Waals surface area contributed by atoms with Crippen LogP contribution < -0.4 is 0 Å². The summed E-state index contributed by atoms with van der Waals surface area (Å²) < 4.78 is 9.75. The van der Waals surface area contributed by atoms with Crippen molar-refractivity contribution >= 4 is 11.8 Å². The van der Waals surface area contributed by atoms with Gasteiger partial charge in [0, 0.05) is 6.42 Å². The third kappa shape index (κ3) is 4.39. The van der Waals surface area contributed by atoms with E-state index < -0.39 is 5.97 Å². The molecule has 2 rings (SSSR count). The van der Waals surface area contributed by atoms with Crippen LogP contribution in [0.15, 0.2) is 53.1 Å². The molecule has 4 heteroatoms. The Balaban J connectivity index is 1.65. The van der Waals surface area contributed by atoms with Gasteiger partial charge in [0.25, 0.3) is 0 Å². The Morgan fingerprint density at radius 3 is 2.55 bits per heavy atom. The van der Waals surface area contributed by atoms with E-state index in [9.17, 15) is 9.59 Å². The van der Waals surface area contributed by atoms with Crippen molar-refractivity contribution in [2.75, 3.05) is 6.61 Å². The Kier molecular flexibility index (Phi) is 5.12. The number of ketones is 1. The molecular weight excluding hydrogens is 256 g/mol. The van der Waals surface area contributed by atoms with E-state index >= 15 is 0 Å². The molecular formula is C16H16O4. The minimum absolute atomic E-state index is 0.0826. The second-order valence-electron chi connectivity index (χ2n) is 4.43. The third-order valence-corrected chi connectivity index (χ3v) is 2.85. The zero-order chi connectivity index (χ0) is 14.2. The molecule has 0 atom stereocenters. The van der Waals surface area contributed by atoms with Crippen LogP contribution in [0.1, 0.15) is 29.0 Å². The van der Waals surface area contributed by atoms with E-state index in [0.717, 1.165) is 12.8 Å². The van der Waals surface area contributed by atoms with Crippen LogP contribution in [0.4, 0.5) is 0 Å². The first-order valence-electron chi connectivity index (χ1n) is 6.52. The largest absolute Gasteiger partial charge is 0.457 e. The van der Waals surface area contributed by atoms with Crippen LogP contribution in [0.2, 0.25) is 0 Å². The van der Waals surface area contributed by atoms with Gasteiger partial charge in [-0.15, -0.1) is 0 Å². The average Bonchev–Trinajstić information content (AvgIpc) is 3.00. The fraction of sp³-hybridized carbons (Fsp3) is 0.250. The lowest BCUT2D eigenvalue weighted by Gasteiger charge is -2.03. The summed E-state index contributed by atoms with van der Waals surface area (Å²) in [6.07, 6.45) is 3.39. The topological polar surface area (TPSA) is 56.5 Å². The van der Waals surface area contributed by atoms with Crippen LogP contribution in [0, 0.1) is 0 Å². The molecule has 104 valence electrons. The van der Waals surface area contributed by atoms with Gasteiger partial charge in [0.15, 0.2) is 5.78 Å². The Hall–Kier alpha value is -2.36. The second-order valence-corrected chi connectivity index (χ2v) is 4.43. The fourth-order valence-corrected chi connectivity index (χ4v) is 1.82. The van der Waals surface area contributed by atoms with E-state index in [4.69, 9.17) is 9.15 Å². The summed E-state index contributed by atoms with van der Waals surface area (Å²) in [6, 6.07) is 13.1. The van der Waals surface area contributed by atoms with Gasteiger partial charge in [-0.2, -0.15) is 0 Å². The first-order valence-corrected chi connectivity index (χ1v) is 6.52. The summed E-state index contributed by atoms with van der Waals surface area (Å²) in [7, 11) is 0. The van der Waals surface area contributed by atoms with E-state index in [0.29, 0.717) is 6.42 Å². The number of esters is 1. The summed E-state index contributed by atoms with van der Waals surface area (Å²) in [4.78, 5) is 23.0. The van der Waals surface area contributed by atoms with E-state index in [2.05, 4.69) is 0 Å². The van der Waals surface area contributed by atoms with E-state index in [1.54, 1.807) is 6.07 Å². The smallest absolute Gasteiger partial charge is 0.374 e. The number of rotatable bonds is 7. The van der Waals surface area contributed by atoms with Crippen molar-refractivity contribution in [3.63, 3.8) is 0 Å². The number of hydrogen-bond acceptors (Lipinski definition) is 4. The summed E-state index contributed by atoms with van der Waals surface area (Å²) in [5.41, 5.74) is 1.20. The Bertz CT molecular complexity index is 543. The van der Waals surface area contributed by atoms with Crippen molar-refractivity contribution in [3.05, 3.63) is 60.1 Å². The minimum Gasteiger partial charge on any atom is -0.457 e. The standard InChI is InChI=1S/C16H16O4/c17-14(9-4-8-13-6-2-1-3-7-13)12-20-16(18)15-10-5-11-19-15/h1-3,5-7,10-11H,4,8-9,12H2. The molecule has 0 saturated heterocycles. The maximum Gasteiger partial charge on any atom is 0.374 e. The predicted octanol–water partition coefficient (Wildman–Crippen LogP) is 3.03. The molecule has 0 aliphatic rings. The molecule has 0 radical (unpaired) electrons. The van der Waals surface area contributed by atoms with Gasteiger partial charge in [0.2, 0.25) is 5.76 Å². The molecule has 0 aliphatic carbocycles. The number of Topliss-reactive ketones (excluding diaryl/α,β-unsaturated/α-hetero) is 1. The summed E-state index contributed by atoms with van der Waals surface area (Å²) >= 11 is 0. The van der Waals surface area contributed by atoms with Gasteiger partial charge >= 0.3 is 5.97 Å². The minimum atomic E-state index is -0.605. The lowest BCUT2D eigenvalue weighted by Crippen LogP contribution is -2.13.